The normalized spacial score (nSPS) is 19.1. The van der Waals surface area contributed by atoms with Gasteiger partial charge >= 0.3 is 0 Å². The van der Waals surface area contributed by atoms with E-state index in [4.69, 9.17) is 5.73 Å². The zero-order valence-electron chi connectivity index (χ0n) is 10.3. The maximum absolute atomic E-state index is 11.5. The van der Waals surface area contributed by atoms with E-state index in [0.29, 0.717) is 24.9 Å². The summed E-state index contributed by atoms with van der Waals surface area (Å²) < 4.78 is 0. The molecule has 3 amide bonds. The predicted octanol–water partition coefficient (Wildman–Crippen LogP) is -0.320. The van der Waals surface area contributed by atoms with Gasteiger partial charge in [-0.3, -0.25) is 19.7 Å². The molecule has 19 heavy (non-hydrogen) atoms. The fraction of sp³-hybridized carbons (Fsp3) is 0.308. The highest BCUT2D eigenvalue weighted by Crippen LogP contribution is 2.08. The number of imide groups is 1. The lowest BCUT2D eigenvalue weighted by Crippen LogP contribution is -2.50. The molecule has 6 heteroatoms. The van der Waals surface area contributed by atoms with Crippen molar-refractivity contribution in [2.75, 3.05) is 0 Å². The van der Waals surface area contributed by atoms with Gasteiger partial charge in [0.25, 0.3) is 0 Å². The highest BCUT2D eigenvalue weighted by molar-refractivity contribution is 6.00. The Morgan fingerprint density at radius 3 is 2.89 bits per heavy atom. The van der Waals surface area contributed by atoms with Crippen molar-refractivity contribution < 1.29 is 14.4 Å². The van der Waals surface area contributed by atoms with Gasteiger partial charge in [0.15, 0.2) is 0 Å². The third-order valence-corrected chi connectivity index (χ3v) is 3.00. The Morgan fingerprint density at radius 1 is 1.42 bits per heavy atom. The maximum Gasteiger partial charge on any atom is 0.248 e. The second-order valence-corrected chi connectivity index (χ2v) is 4.45. The summed E-state index contributed by atoms with van der Waals surface area (Å²) in [6.45, 7) is 0.438. The molecule has 1 atom stereocenters. The van der Waals surface area contributed by atoms with E-state index in [1.165, 1.54) is 0 Å². The third-order valence-electron chi connectivity index (χ3n) is 3.00. The van der Waals surface area contributed by atoms with Gasteiger partial charge in [0.05, 0.1) is 6.04 Å². The van der Waals surface area contributed by atoms with E-state index in [1.54, 1.807) is 18.2 Å². The first-order valence-corrected chi connectivity index (χ1v) is 6.02. The van der Waals surface area contributed by atoms with E-state index in [0.717, 1.165) is 5.56 Å². The predicted molar refractivity (Wildman–Crippen MR) is 68.0 cm³/mol. The number of nitrogens with two attached hydrogens (primary N) is 1. The maximum atomic E-state index is 11.5. The fourth-order valence-corrected chi connectivity index (χ4v) is 1.96. The molecule has 1 saturated heterocycles. The van der Waals surface area contributed by atoms with Crippen molar-refractivity contribution in [3.8, 4) is 0 Å². The Balaban J connectivity index is 1.95. The number of piperidine rings is 1. The van der Waals surface area contributed by atoms with Gasteiger partial charge in [-0.25, -0.2) is 0 Å². The standard InChI is InChI=1S/C13H15N3O3/c14-12(18)9-3-1-2-8(6-9)7-15-10-4-5-11(17)16-13(10)19/h1-3,6,10,15H,4-5,7H2,(H2,14,18)(H,16,17,19). The third kappa shape index (κ3) is 3.38. The molecule has 1 aliphatic heterocycles. The molecule has 1 unspecified atom stereocenters. The Morgan fingerprint density at radius 2 is 2.21 bits per heavy atom. The van der Waals surface area contributed by atoms with E-state index in [1.807, 2.05) is 6.07 Å². The summed E-state index contributed by atoms with van der Waals surface area (Å²) in [5, 5.41) is 5.34. The summed E-state index contributed by atoms with van der Waals surface area (Å²) in [6.07, 6.45) is 0.824. The SMILES string of the molecule is NC(=O)c1cccc(CNC2CCC(=O)NC2=O)c1. The summed E-state index contributed by atoms with van der Waals surface area (Å²) in [5.74, 6) is -1.02. The van der Waals surface area contributed by atoms with Crippen LogP contribution in [0.5, 0.6) is 0 Å². The molecular weight excluding hydrogens is 246 g/mol. The Kier molecular flexibility index (Phi) is 3.91. The molecule has 1 aromatic carbocycles. The van der Waals surface area contributed by atoms with Crippen molar-refractivity contribution in [1.29, 1.82) is 0 Å². The minimum atomic E-state index is -0.483. The van der Waals surface area contributed by atoms with Crippen LogP contribution in [-0.2, 0) is 16.1 Å². The lowest BCUT2D eigenvalue weighted by atomic mass is 10.1. The second kappa shape index (κ2) is 5.62. The smallest absolute Gasteiger partial charge is 0.248 e. The first-order chi connectivity index (χ1) is 9.06. The molecule has 0 aromatic heterocycles. The summed E-state index contributed by atoms with van der Waals surface area (Å²) in [7, 11) is 0. The van der Waals surface area contributed by atoms with Gasteiger partial charge in [0.2, 0.25) is 17.7 Å². The highest BCUT2D eigenvalue weighted by Gasteiger charge is 2.25. The van der Waals surface area contributed by atoms with Crippen LogP contribution in [0.3, 0.4) is 0 Å². The minimum absolute atomic E-state index is 0.237. The van der Waals surface area contributed by atoms with Crippen molar-refractivity contribution in [3.05, 3.63) is 35.4 Å². The van der Waals surface area contributed by atoms with E-state index in [9.17, 15) is 14.4 Å². The molecule has 6 nitrogen and oxygen atoms in total. The molecule has 1 aliphatic rings. The summed E-state index contributed by atoms with van der Waals surface area (Å²) in [4.78, 5) is 33.6. The molecular formula is C13H15N3O3. The van der Waals surface area contributed by atoms with Gasteiger partial charge in [-0.05, 0) is 24.1 Å². The zero-order valence-corrected chi connectivity index (χ0v) is 10.3. The van der Waals surface area contributed by atoms with Crippen LogP contribution in [0.4, 0.5) is 0 Å². The van der Waals surface area contributed by atoms with Crippen LogP contribution in [-0.4, -0.2) is 23.8 Å². The monoisotopic (exact) mass is 261 g/mol. The van der Waals surface area contributed by atoms with Crippen LogP contribution in [0, 0.1) is 0 Å². The highest BCUT2D eigenvalue weighted by atomic mass is 16.2. The molecule has 0 aliphatic carbocycles. The number of hydrogen-bond donors (Lipinski definition) is 3. The van der Waals surface area contributed by atoms with Crippen LogP contribution < -0.4 is 16.4 Å². The van der Waals surface area contributed by atoms with Gasteiger partial charge in [0, 0.05) is 18.5 Å². The molecule has 1 heterocycles. The van der Waals surface area contributed by atoms with E-state index in [-0.39, 0.29) is 17.9 Å². The summed E-state index contributed by atoms with van der Waals surface area (Å²) in [6, 6.07) is 6.52. The number of amides is 3. The van der Waals surface area contributed by atoms with Crippen molar-refractivity contribution in [2.45, 2.75) is 25.4 Å². The second-order valence-electron chi connectivity index (χ2n) is 4.45. The number of primary amides is 1. The van der Waals surface area contributed by atoms with E-state index >= 15 is 0 Å². The Hall–Kier alpha value is -2.21. The van der Waals surface area contributed by atoms with Gasteiger partial charge in [-0.1, -0.05) is 12.1 Å². The molecule has 1 aromatic rings. The Labute approximate surface area is 110 Å². The lowest BCUT2D eigenvalue weighted by molar-refractivity contribution is -0.134. The molecule has 0 saturated carbocycles. The molecule has 2 rings (SSSR count). The molecule has 0 bridgehead atoms. The number of benzene rings is 1. The van der Waals surface area contributed by atoms with E-state index in [2.05, 4.69) is 10.6 Å². The molecule has 0 spiro atoms. The van der Waals surface area contributed by atoms with E-state index < -0.39 is 5.91 Å². The lowest BCUT2D eigenvalue weighted by Gasteiger charge is -2.21. The van der Waals surface area contributed by atoms with Crippen molar-refractivity contribution >= 4 is 17.7 Å². The molecule has 100 valence electrons. The number of carbonyl (C=O) groups excluding carboxylic acids is 3. The number of nitrogens with one attached hydrogen (secondary N) is 2. The number of rotatable bonds is 4. The summed E-state index contributed by atoms with van der Waals surface area (Å²) in [5.41, 5.74) is 6.49. The van der Waals surface area contributed by atoms with Crippen LogP contribution in [0.15, 0.2) is 24.3 Å². The van der Waals surface area contributed by atoms with Crippen molar-refractivity contribution in [1.82, 2.24) is 10.6 Å². The average molecular weight is 261 g/mol. The van der Waals surface area contributed by atoms with Crippen LogP contribution in [0.1, 0.15) is 28.8 Å². The van der Waals surface area contributed by atoms with Crippen LogP contribution >= 0.6 is 0 Å². The zero-order chi connectivity index (χ0) is 13.8. The average Bonchev–Trinajstić information content (AvgIpc) is 2.38. The Bertz CT molecular complexity index is 528. The molecule has 1 fully saturated rings. The summed E-state index contributed by atoms with van der Waals surface area (Å²) >= 11 is 0. The topological polar surface area (TPSA) is 101 Å². The molecule has 0 radical (unpaired) electrons. The quantitative estimate of drug-likeness (QED) is 0.646. The van der Waals surface area contributed by atoms with Gasteiger partial charge in [0.1, 0.15) is 0 Å². The van der Waals surface area contributed by atoms with Crippen molar-refractivity contribution in [2.24, 2.45) is 5.73 Å². The minimum Gasteiger partial charge on any atom is -0.366 e. The van der Waals surface area contributed by atoms with Crippen LogP contribution in [0.25, 0.3) is 0 Å². The largest absolute Gasteiger partial charge is 0.366 e. The van der Waals surface area contributed by atoms with Gasteiger partial charge < -0.3 is 11.1 Å². The fourth-order valence-electron chi connectivity index (χ4n) is 1.96. The van der Waals surface area contributed by atoms with Crippen molar-refractivity contribution in [3.63, 3.8) is 0 Å². The number of carbonyl (C=O) groups is 3. The van der Waals surface area contributed by atoms with Gasteiger partial charge in [-0.15, -0.1) is 0 Å². The first-order valence-electron chi connectivity index (χ1n) is 6.02. The first kappa shape index (κ1) is 13.2. The van der Waals surface area contributed by atoms with Gasteiger partial charge in [-0.2, -0.15) is 0 Å². The van der Waals surface area contributed by atoms with Crippen LogP contribution in [0.2, 0.25) is 0 Å². The molecule has 4 N–H and O–H groups in total. The number of hydrogen-bond acceptors (Lipinski definition) is 4.